The molecule has 0 aliphatic carbocycles. The highest BCUT2D eigenvalue weighted by molar-refractivity contribution is 5.99. The second-order valence-corrected chi connectivity index (χ2v) is 5.01. The SMILES string of the molecule is CCN(CC(=O)c1cc(C)[nH]c1C)CC(=O)N(C)C. The molecule has 19 heavy (non-hydrogen) atoms. The van der Waals surface area contributed by atoms with Crippen molar-refractivity contribution in [3.05, 3.63) is 23.0 Å². The van der Waals surface area contributed by atoms with E-state index in [1.54, 1.807) is 19.0 Å². The Balaban J connectivity index is 2.68. The van der Waals surface area contributed by atoms with Gasteiger partial charge in [0.05, 0.1) is 13.1 Å². The Labute approximate surface area is 114 Å². The van der Waals surface area contributed by atoms with Crippen LogP contribution in [0.4, 0.5) is 0 Å². The first-order valence-electron chi connectivity index (χ1n) is 6.47. The Morgan fingerprint density at radius 3 is 2.26 bits per heavy atom. The standard InChI is InChI=1S/C14H23N3O2/c1-6-17(9-14(19)16(4)5)8-13(18)12-7-10(2)15-11(12)3/h7,15H,6,8-9H2,1-5H3. The molecule has 1 heterocycles. The number of H-pyrrole nitrogens is 1. The van der Waals surface area contributed by atoms with Crippen molar-refractivity contribution >= 4 is 11.7 Å². The van der Waals surface area contributed by atoms with Crippen molar-refractivity contribution in [1.82, 2.24) is 14.8 Å². The summed E-state index contributed by atoms with van der Waals surface area (Å²) < 4.78 is 0. The summed E-state index contributed by atoms with van der Waals surface area (Å²) in [7, 11) is 3.44. The van der Waals surface area contributed by atoms with Crippen LogP contribution in [0.1, 0.15) is 28.7 Å². The van der Waals surface area contributed by atoms with Crippen LogP contribution in [0.5, 0.6) is 0 Å². The monoisotopic (exact) mass is 265 g/mol. The van der Waals surface area contributed by atoms with Crippen molar-refractivity contribution in [3.63, 3.8) is 0 Å². The van der Waals surface area contributed by atoms with E-state index >= 15 is 0 Å². The average Bonchev–Trinajstić information content (AvgIpc) is 2.67. The molecule has 0 saturated carbocycles. The van der Waals surface area contributed by atoms with Gasteiger partial charge in [0.15, 0.2) is 5.78 Å². The summed E-state index contributed by atoms with van der Waals surface area (Å²) >= 11 is 0. The van der Waals surface area contributed by atoms with E-state index in [1.165, 1.54) is 0 Å². The third kappa shape index (κ3) is 4.21. The number of carbonyl (C=O) groups is 2. The lowest BCUT2D eigenvalue weighted by Gasteiger charge is -2.21. The number of aromatic amines is 1. The van der Waals surface area contributed by atoms with E-state index in [4.69, 9.17) is 0 Å². The van der Waals surface area contributed by atoms with Gasteiger partial charge in [0.1, 0.15) is 0 Å². The summed E-state index contributed by atoms with van der Waals surface area (Å²) in [5.74, 6) is 0.0619. The van der Waals surface area contributed by atoms with Crippen molar-refractivity contribution in [2.24, 2.45) is 0 Å². The van der Waals surface area contributed by atoms with Crippen LogP contribution in [0.2, 0.25) is 0 Å². The predicted molar refractivity (Wildman–Crippen MR) is 75.4 cm³/mol. The minimum absolute atomic E-state index is 0.0108. The van der Waals surface area contributed by atoms with Crippen LogP contribution in [0.3, 0.4) is 0 Å². The van der Waals surface area contributed by atoms with E-state index < -0.39 is 0 Å². The number of amides is 1. The lowest BCUT2D eigenvalue weighted by Crippen LogP contribution is -2.39. The third-order valence-corrected chi connectivity index (χ3v) is 3.12. The van der Waals surface area contributed by atoms with Crippen LogP contribution in [-0.4, -0.2) is 60.2 Å². The van der Waals surface area contributed by atoms with Gasteiger partial charge in [0.2, 0.25) is 5.91 Å². The number of hydrogen-bond donors (Lipinski definition) is 1. The van der Waals surface area contributed by atoms with Crippen LogP contribution in [0.15, 0.2) is 6.07 Å². The van der Waals surface area contributed by atoms with Gasteiger partial charge in [-0.2, -0.15) is 0 Å². The molecule has 0 radical (unpaired) electrons. The summed E-state index contributed by atoms with van der Waals surface area (Å²) in [5.41, 5.74) is 2.58. The van der Waals surface area contributed by atoms with E-state index in [1.807, 2.05) is 31.7 Å². The molecule has 0 spiro atoms. The Morgan fingerprint density at radius 1 is 1.21 bits per heavy atom. The van der Waals surface area contributed by atoms with Crippen LogP contribution in [-0.2, 0) is 4.79 Å². The second-order valence-electron chi connectivity index (χ2n) is 5.01. The molecular formula is C14H23N3O2. The summed E-state index contributed by atoms with van der Waals surface area (Å²) in [4.78, 5) is 30.4. The van der Waals surface area contributed by atoms with Gasteiger partial charge in [-0.15, -0.1) is 0 Å². The zero-order chi connectivity index (χ0) is 14.6. The lowest BCUT2D eigenvalue weighted by atomic mass is 10.1. The maximum absolute atomic E-state index is 12.2. The minimum atomic E-state index is 0.0108. The number of nitrogens with zero attached hydrogens (tertiary/aromatic N) is 2. The Kier molecular flexibility index (Phi) is 5.30. The van der Waals surface area contributed by atoms with Crippen LogP contribution >= 0.6 is 0 Å². The smallest absolute Gasteiger partial charge is 0.236 e. The molecule has 0 bridgehead atoms. The van der Waals surface area contributed by atoms with Gasteiger partial charge < -0.3 is 9.88 Å². The number of rotatable bonds is 6. The molecule has 1 amide bonds. The molecule has 0 atom stereocenters. The lowest BCUT2D eigenvalue weighted by molar-refractivity contribution is -0.129. The fraction of sp³-hybridized carbons (Fsp3) is 0.571. The van der Waals surface area contributed by atoms with Gasteiger partial charge >= 0.3 is 0 Å². The van der Waals surface area contributed by atoms with E-state index in [-0.39, 0.29) is 24.8 Å². The summed E-state index contributed by atoms with van der Waals surface area (Å²) in [6, 6.07) is 1.86. The molecule has 0 unspecified atom stereocenters. The first-order chi connectivity index (χ1) is 8.85. The first-order valence-corrected chi connectivity index (χ1v) is 6.47. The fourth-order valence-electron chi connectivity index (χ4n) is 1.91. The summed E-state index contributed by atoms with van der Waals surface area (Å²) in [5, 5.41) is 0. The molecule has 1 aromatic heterocycles. The van der Waals surface area contributed by atoms with E-state index in [0.29, 0.717) is 12.1 Å². The topological polar surface area (TPSA) is 56.4 Å². The van der Waals surface area contributed by atoms with Gasteiger partial charge in [-0.3, -0.25) is 14.5 Å². The van der Waals surface area contributed by atoms with Crippen molar-refractivity contribution in [2.75, 3.05) is 33.7 Å². The minimum Gasteiger partial charge on any atom is -0.362 e. The van der Waals surface area contributed by atoms with Gasteiger partial charge in [-0.1, -0.05) is 6.92 Å². The zero-order valence-electron chi connectivity index (χ0n) is 12.4. The van der Waals surface area contributed by atoms with Gasteiger partial charge in [-0.25, -0.2) is 0 Å². The molecule has 0 saturated heterocycles. The maximum Gasteiger partial charge on any atom is 0.236 e. The molecule has 106 valence electrons. The number of aromatic nitrogens is 1. The number of likely N-dealkylation sites (N-methyl/N-ethyl adjacent to an activating group) is 2. The number of Topliss-reactive ketones (excluding diaryl/α,β-unsaturated/α-hetero) is 1. The Morgan fingerprint density at radius 2 is 1.84 bits per heavy atom. The number of carbonyl (C=O) groups excluding carboxylic acids is 2. The van der Waals surface area contributed by atoms with Crippen molar-refractivity contribution in [3.8, 4) is 0 Å². The van der Waals surface area contributed by atoms with Crippen LogP contribution in [0.25, 0.3) is 0 Å². The largest absolute Gasteiger partial charge is 0.362 e. The highest BCUT2D eigenvalue weighted by Crippen LogP contribution is 2.10. The molecule has 1 N–H and O–H groups in total. The highest BCUT2D eigenvalue weighted by Gasteiger charge is 2.17. The number of aryl methyl sites for hydroxylation is 2. The highest BCUT2D eigenvalue weighted by atomic mass is 16.2. The number of ketones is 1. The first kappa shape index (κ1) is 15.4. The molecule has 1 aromatic rings. The molecule has 0 aromatic carbocycles. The van der Waals surface area contributed by atoms with Gasteiger partial charge in [-0.05, 0) is 26.5 Å². The van der Waals surface area contributed by atoms with Crippen LogP contribution < -0.4 is 0 Å². The molecular weight excluding hydrogens is 242 g/mol. The molecule has 0 aliphatic rings. The summed E-state index contributed by atoms with van der Waals surface area (Å²) in [6.07, 6.45) is 0. The molecule has 5 heteroatoms. The molecule has 0 aliphatic heterocycles. The van der Waals surface area contributed by atoms with Crippen molar-refractivity contribution in [1.29, 1.82) is 0 Å². The van der Waals surface area contributed by atoms with E-state index in [9.17, 15) is 9.59 Å². The van der Waals surface area contributed by atoms with Gasteiger partial charge in [0, 0.05) is 31.0 Å². The molecule has 5 nitrogen and oxygen atoms in total. The molecule has 1 rings (SSSR count). The fourth-order valence-corrected chi connectivity index (χ4v) is 1.91. The van der Waals surface area contributed by atoms with E-state index in [2.05, 4.69) is 4.98 Å². The predicted octanol–water partition coefficient (Wildman–Crippen LogP) is 1.22. The maximum atomic E-state index is 12.2. The van der Waals surface area contributed by atoms with E-state index in [0.717, 1.165) is 11.4 Å². The number of hydrogen-bond acceptors (Lipinski definition) is 3. The number of nitrogens with one attached hydrogen (secondary N) is 1. The average molecular weight is 265 g/mol. The Bertz CT molecular complexity index is 463. The van der Waals surface area contributed by atoms with Crippen molar-refractivity contribution < 1.29 is 9.59 Å². The summed E-state index contributed by atoms with van der Waals surface area (Å²) in [6.45, 7) is 6.99. The molecule has 0 fully saturated rings. The quantitative estimate of drug-likeness (QED) is 0.787. The normalized spacial score (nSPS) is 10.8. The second kappa shape index (κ2) is 6.52. The van der Waals surface area contributed by atoms with Crippen LogP contribution in [0, 0.1) is 13.8 Å². The van der Waals surface area contributed by atoms with Gasteiger partial charge in [0.25, 0.3) is 0 Å². The Hall–Kier alpha value is -1.62. The zero-order valence-corrected chi connectivity index (χ0v) is 12.4. The third-order valence-electron chi connectivity index (χ3n) is 3.12. The van der Waals surface area contributed by atoms with Crippen molar-refractivity contribution in [2.45, 2.75) is 20.8 Å².